The molecule has 0 aliphatic carbocycles. The van der Waals surface area contributed by atoms with Crippen molar-refractivity contribution >= 4 is 5.69 Å². The van der Waals surface area contributed by atoms with E-state index < -0.39 is 0 Å². The highest BCUT2D eigenvalue weighted by Gasteiger charge is 2.06. The summed E-state index contributed by atoms with van der Waals surface area (Å²) in [5, 5.41) is 3.57. The van der Waals surface area contributed by atoms with E-state index >= 15 is 0 Å². The van der Waals surface area contributed by atoms with E-state index in [1.165, 1.54) is 36.9 Å². The van der Waals surface area contributed by atoms with Crippen molar-refractivity contribution in [1.82, 2.24) is 0 Å². The van der Waals surface area contributed by atoms with Crippen molar-refractivity contribution in [2.24, 2.45) is 5.92 Å². The van der Waals surface area contributed by atoms with Gasteiger partial charge >= 0.3 is 0 Å². The molecule has 1 aromatic carbocycles. The van der Waals surface area contributed by atoms with Crippen LogP contribution in [0.3, 0.4) is 0 Å². The molecule has 0 aliphatic heterocycles. The highest BCUT2D eigenvalue weighted by atomic mass is 16.5. The average Bonchev–Trinajstić information content (AvgIpc) is 2.40. The van der Waals surface area contributed by atoms with E-state index in [-0.39, 0.29) is 0 Å². The Kier molecular flexibility index (Phi) is 6.63. The predicted octanol–water partition coefficient (Wildman–Crippen LogP) is 4.63. The van der Waals surface area contributed by atoms with Gasteiger partial charge in [-0.1, -0.05) is 33.1 Å². The van der Waals surface area contributed by atoms with Gasteiger partial charge in [-0.25, -0.2) is 0 Å². The lowest BCUT2D eigenvalue weighted by Crippen LogP contribution is -2.14. The molecule has 0 amide bonds. The van der Waals surface area contributed by atoms with Crippen molar-refractivity contribution in [2.45, 2.75) is 46.5 Å². The van der Waals surface area contributed by atoms with Gasteiger partial charge in [0.15, 0.2) is 0 Å². The topological polar surface area (TPSA) is 21.3 Å². The van der Waals surface area contributed by atoms with Gasteiger partial charge in [-0.3, -0.25) is 0 Å². The molecule has 1 atom stereocenters. The summed E-state index contributed by atoms with van der Waals surface area (Å²) in [5.41, 5.74) is 2.48. The van der Waals surface area contributed by atoms with Gasteiger partial charge in [0.05, 0.1) is 7.11 Å². The standard InChI is InChI=1S/C16H27NO/c1-5-7-8-14(6-2)12-17-16-10-9-15(18-4)11-13(16)3/h9-11,14,17H,5-8,12H2,1-4H3. The summed E-state index contributed by atoms with van der Waals surface area (Å²) < 4.78 is 5.22. The van der Waals surface area contributed by atoms with Crippen LogP contribution < -0.4 is 10.1 Å². The first-order chi connectivity index (χ1) is 8.71. The lowest BCUT2D eigenvalue weighted by atomic mass is 9.99. The van der Waals surface area contributed by atoms with E-state index in [0.29, 0.717) is 0 Å². The Morgan fingerprint density at radius 1 is 1.28 bits per heavy atom. The smallest absolute Gasteiger partial charge is 0.119 e. The van der Waals surface area contributed by atoms with Crippen LogP contribution in [0.25, 0.3) is 0 Å². The normalized spacial score (nSPS) is 12.2. The minimum absolute atomic E-state index is 0.784. The number of benzene rings is 1. The molecule has 2 heteroatoms. The van der Waals surface area contributed by atoms with Crippen LogP contribution in [0.15, 0.2) is 18.2 Å². The maximum atomic E-state index is 5.22. The Morgan fingerprint density at radius 3 is 2.61 bits per heavy atom. The zero-order valence-electron chi connectivity index (χ0n) is 12.3. The molecule has 1 aromatic rings. The Balaban J connectivity index is 2.51. The Morgan fingerprint density at radius 2 is 2.06 bits per heavy atom. The molecular weight excluding hydrogens is 222 g/mol. The second-order valence-corrected chi connectivity index (χ2v) is 4.98. The Bertz CT molecular complexity index is 349. The molecule has 18 heavy (non-hydrogen) atoms. The summed E-state index contributed by atoms with van der Waals surface area (Å²) in [6.07, 6.45) is 5.21. The molecule has 0 spiro atoms. The van der Waals surface area contributed by atoms with Gasteiger partial charge in [-0.2, -0.15) is 0 Å². The fraction of sp³-hybridized carbons (Fsp3) is 0.625. The number of methoxy groups -OCH3 is 1. The van der Waals surface area contributed by atoms with Gasteiger partial charge < -0.3 is 10.1 Å². The van der Waals surface area contributed by atoms with Crippen LogP contribution in [0.5, 0.6) is 5.75 Å². The van der Waals surface area contributed by atoms with Gasteiger partial charge in [0.2, 0.25) is 0 Å². The van der Waals surface area contributed by atoms with Crippen LogP contribution in [0.1, 0.15) is 45.1 Å². The van der Waals surface area contributed by atoms with Gasteiger partial charge in [0.25, 0.3) is 0 Å². The first-order valence-electron chi connectivity index (χ1n) is 7.09. The summed E-state index contributed by atoms with van der Waals surface area (Å²) >= 11 is 0. The molecule has 0 aromatic heterocycles. The number of nitrogens with one attached hydrogen (secondary N) is 1. The lowest BCUT2D eigenvalue weighted by molar-refractivity contribution is 0.414. The van der Waals surface area contributed by atoms with Crippen molar-refractivity contribution < 1.29 is 4.74 Å². The van der Waals surface area contributed by atoms with E-state index in [2.05, 4.69) is 38.2 Å². The second-order valence-electron chi connectivity index (χ2n) is 4.98. The third-order valence-corrected chi connectivity index (χ3v) is 3.56. The molecule has 102 valence electrons. The lowest BCUT2D eigenvalue weighted by Gasteiger charge is -2.17. The molecule has 0 saturated carbocycles. The fourth-order valence-corrected chi connectivity index (χ4v) is 2.16. The molecule has 1 rings (SSSR count). The minimum Gasteiger partial charge on any atom is -0.497 e. The summed E-state index contributed by atoms with van der Waals surface area (Å²) in [6.45, 7) is 7.73. The van der Waals surface area contributed by atoms with Gasteiger partial charge in [0.1, 0.15) is 5.75 Å². The molecule has 0 aliphatic rings. The first kappa shape index (κ1) is 14.9. The highest BCUT2D eigenvalue weighted by Crippen LogP contribution is 2.22. The van der Waals surface area contributed by atoms with Crippen LogP contribution >= 0.6 is 0 Å². The molecule has 0 saturated heterocycles. The molecule has 0 heterocycles. The highest BCUT2D eigenvalue weighted by molar-refractivity contribution is 5.53. The van der Waals surface area contributed by atoms with Crippen LogP contribution in [0.2, 0.25) is 0 Å². The maximum Gasteiger partial charge on any atom is 0.119 e. The monoisotopic (exact) mass is 249 g/mol. The average molecular weight is 249 g/mol. The number of hydrogen-bond acceptors (Lipinski definition) is 2. The third kappa shape index (κ3) is 4.59. The second kappa shape index (κ2) is 8.02. The Labute approximate surface area is 112 Å². The Hall–Kier alpha value is -1.18. The molecule has 2 nitrogen and oxygen atoms in total. The van der Waals surface area contributed by atoms with Gasteiger partial charge in [-0.05, 0) is 43.0 Å². The number of ether oxygens (including phenoxy) is 1. The molecule has 0 radical (unpaired) electrons. The number of aryl methyl sites for hydroxylation is 1. The van der Waals surface area contributed by atoms with E-state index in [0.717, 1.165) is 18.2 Å². The summed E-state index contributed by atoms with van der Waals surface area (Å²) in [6, 6.07) is 6.21. The van der Waals surface area contributed by atoms with Crippen molar-refractivity contribution in [3.05, 3.63) is 23.8 Å². The third-order valence-electron chi connectivity index (χ3n) is 3.56. The van der Waals surface area contributed by atoms with Crippen LogP contribution in [0, 0.1) is 12.8 Å². The minimum atomic E-state index is 0.784. The molecule has 0 fully saturated rings. The van der Waals surface area contributed by atoms with Gasteiger partial charge in [0, 0.05) is 12.2 Å². The van der Waals surface area contributed by atoms with Gasteiger partial charge in [-0.15, -0.1) is 0 Å². The zero-order chi connectivity index (χ0) is 13.4. The summed E-state index contributed by atoms with van der Waals surface area (Å²) in [5.74, 6) is 1.71. The number of anilines is 1. The van der Waals surface area contributed by atoms with Crippen molar-refractivity contribution in [1.29, 1.82) is 0 Å². The predicted molar refractivity (Wildman–Crippen MR) is 79.5 cm³/mol. The number of rotatable bonds is 8. The summed E-state index contributed by atoms with van der Waals surface area (Å²) in [7, 11) is 1.71. The van der Waals surface area contributed by atoms with Crippen molar-refractivity contribution in [3.8, 4) is 5.75 Å². The van der Waals surface area contributed by atoms with Crippen LogP contribution in [0.4, 0.5) is 5.69 Å². The largest absolute Gasteiger partial charge is 0.497 e. The van der Waals surface area contributed by atoms with E-state index in [9.17, 15) is 0 Å². The zero-order valence-corrected chi connectivity index (χ0v) is 12.3. The van der Waals surface area contributed by atoms with Crippen molar-refractivity contribution in [2.75, 3.05) is 19.0 Å². The fourth-order valence-electron chi connectivity index (χ4n) is 2.16. The number of unbranched alkanes of at least 4 members (excludes halogenated alkanes) is 1. The molecule has 1 N–H and O–H groups in total. The van der Waals surface area contributed by atoms with Crippen LogP contribution in [-0.4, -0.2) is 13.7 Å². The van der Waals surface area contributed by atoms with E-state index in [4.69, 9.17) is 4.74 Å². The van der Waals surface area contributed by atoms with E-state index in [1.54, 1.807) is 7.11 Å². The first-order valence-corrected chi connectivity index (χ1v) is 7.09. The molecule has 1 unspecified atom stereocenters. The van der Waals surface area contributed by atoms with Crippen molar-refractivity contribution in [3.63, 3.8) is 0 Å². The summed E-state index contributed by atoms with van der Waals surface area (Å²) in [4.78, 5) is 0. The SMILES string of the molecule is CCCCC(CC)CNc1ccc(OC)cc1C. The quantitative estimate of drug-likeness (QED) is 0.725. The van der Waals surface area contributed by atoms with E-state index in [1.807, 2.05) is 6.07 Å². The molecular formula is C16H27NO. The maximum absolute atomic E-state index is 5.22. The number of hydrogen-bond donors (Lipinski definition) is 1. The van der Waals surface area contributed by atoms with Crippen LogP contribution in [-0.2, 0) is 0 Å². The molecule has 0 bridgehead atoms.